The first-order valence-electron chi connectivity index (χ1n) is 15.0. The van der Waals surface area contributed by atoms with Crippen molar-refractivity contribution >= 4 is 42.7 Å². The van der Waals surface area contributed by atoms with Gasteiger partial charge in [0.15, 0.2) is 0 Å². The number of phosphoric ester groups is 1. The molecule has 0 spiro atoms. The number of phosphoric acid groups is 1. The Kier molecular flexibility index (Phi) is 14.5. The van der Waals surface area contributed by atoms with E-state index in [1.54, 1.807) is 0 Å². The quantitative estimate of drug-likeness (QED) is 0.129. The Balaban J connectivity index is 1.32. The molecule has 10 heteroatoms. The molecule has 0 heterocycles. The molecular weight excluding hydrogens is 596 g/mol. The topological polar surface area (TPSA) is 93.1 Å². The molecule has 1 aliphatic rings. The molecule has 232 valence electrons. The lowest BCUT2D eigenvalue weighted by Gasteiger charge is -2.37. The molecule has 0 saturated carbocycles. The summed E-state index contributed by atoms with van der Waals surface area (Å²) in [4.78, 5) is 36.4. The van der Waals surface area contributed by atoms with E-state index in [-0.39, 0.29) is 30.3 Å². The molecule has 0 radical (unpaired) electrons. The van der Waals surface area contributed by atoms with Crippen molar-refractivity contribution in [3.63, 3.8) is 0 Å². The number of ketones is 1. The van der Waals surface area contributed by atoms with E-state index < -0.39 is 7.82 Å². The third-order valence-corrected chi connectivity index (χ3v) is 9.81. The number of Topliss-reactive ketones (excluding diaryl/α,β-unsaturated/α-hetero) is 1. The van der Waals surface area contributed by atoms with Crippen LogP contribution in [0.3, 0.4) is 0 Å². The number of amides is 1. The summed E-state index contributed by atoms with van der Waals surface area (Å²) >= 11 is 12.5. The molecule has 1 N–H and O–H groups in total. The van der Waals surface area contributed by atoms with Gasteiger partial charge in [-0.25, -0.2) is 4.57 Å². The maximum Gasteiger partial charge on any atom is 0.471 e. The first-order valence-corrected chi connectivity index (χ1v) is 17.2. The SMILES string of the molecule is COP(=O)(O)OCCCCCCC(=O)CCCCCCC(=O)N(C)[C@H]1CC[C@@H](c2ccc(Cl)c(Cl)c2)c2ccccc21. The van der Waals surface area contributed by atoms with Gasteiger partial charge in [0, 0.05) is 39.3 Å². The molecule has 1 aliphatic carbocycles. The molecule has 1 amide bonds. The van der Waals surface area contributed by atoms with Gasteiger partial charge < -0.3 is 9.79 Å². The molecule has 2 aromatic carbocycles. The van der Waals surface area contributed by atoms with Crippen molar-refractivity contribution in [1.29, 1.82) is 0 Å². The van der Waals surface area contributed by atoms with Gasteiger partial charge in [0.1, 0.15) is 5.78 Å². The Morgan fingerprint density at radius 1 is 0.881 bits per heavy atom. The molecule has 3 atom stereocenters. The van der Waals surface area contributed by atoms with Gasteiger partial charge in [-0.2, -0.15) is 0 Å². The fraction of sp³-hybridized carbons (Fsp3) is 0.562. The largest absolute Gasteiger partial charge is 0.471 e. The second-order valence-electron chi connectivity index (χ2n) is 11.1. The smallest absolute Gasteiger partial charge is 0.339 e. The van der Waals surface area contributed by atoms with Crippen LogP contribution in [0.25, 0.3) is 0 Å². The van der Waals surface area contributed by atoms with E-state index in [1.165, 1.54) is 11.1 Å². The number of hydrogen-bond acceptors (Lipinski definition) is 5. The lowest BCUT2D eigenvalue weighted by Crippen LogP contribution is -2.34. The fourth-order valence-electron chi connectivity index (χ4n) is 5.68. The van der Waals surface area contributed by atoms with Crippen LogP contribution in [0.1, 0.15) is 112 Å². The number of unbranched alkanes of at least 4 members (excludes halogenated alkanes) is 6. The van der Waals surface area contributed by atoms with Crippen molar-refractivity contribution in [2.24, 2.45) is 0 Å². The number of benzene rings is 2. The molecule has 7 nitrogen and oxygen atoms in total. The van der Waals surface area contributed by atoms with Gasteiger partial charge in [-0.05, 0) is 67.3 Å². The zero-order valence-corrected chi connectivity index (χ0v) is 27.1. The van der Waals surface area contributed by atoms with E-state index >= 15 is 0 Å². The summed E-state index contributed by atoms with van der Waals surface area (Å²) < 4.78 is 20.3. The van der Waals surface area contributed by atoms with Crippen molar-refractivity contribution in [3.05, 3.63) is 69.2 Å². The van der Waals surface area contributed by atoms with Crippen LogP contribution in [0.15, 0.2) is 42.5 Å². The molecule has 0 aromatic heterocycles. The second-order valence-corrected chi connectivity index (χ2v) is 13.4. The maximum absolute atomic E-state index is 13.1. The highest BCUT2D eigenvalue weighted by Crippen LogP contribution is 2.44. The van der Waals surface area contributed by atoms with E-state index in [0.29, 0.717) is 35.7 Å². The predicted octanol–water partition coefficient (Wildman–Crippen LogP) is 9.04. The molecular formula is C32H44Cl2NO6P. The van der Waals surface area contributed by atoms with Crippen molar-refractivity contribution < 1.29 is 28.1 Å². The minimum atomic E-state index is -3.89. The average Bonchev–Trinajstić information content (AvgIpc) is 2.98. The number of hydrogen-bond donors (Lipinski definition) is 1. The monoisotopic (exact) mass is 639 g/mol. The summed E-state index contributed by atoms with van der Waals surface area (Å²) in [5.41, 5.74) is 3.59. The standard InChI is InChI=1S/C32H44Cl2NO6P/c1-35(31-21-19-26(27-15-10-11-16-28(27)31)24-18-20-29(33)30(34)23-24)32(37)17-9-4-3-7-13-25(36)14-8-5-6-12-22-41-42(38,39)40-2/h10-11,15-16,18,20,23,26,31H,3-9,12-14,17,19,21-22H2,1-2H3,(H,38,39)/t26-,31-/m0/s1. The number of halogens is 2. The zero-order chi connectivity index (χ0) is 30.5. The summed E-state index contributed by atoms with van der Waals surface area (Å²) in [5, 5.41) is 1.11. The predicted molar refractivity (Wildman–Crippen MR) is 168 cm³/mol. The van der Waals surface area contributed by atoms with E-state index in [4.69, 9.17) is 32.6 Å². The summed E-state index contributed by atoms with van der Waals surface area (Å²) in [6.07, 6.45) is 10.2. The summed E-state index contributed by atoms with van der Waals surface area (Å²) in [6, 6.07) is 14.3. The number of fused-ring (bicyclic) bond motifs is 1. The Morgan fingerprint density at radius 3 is 2.14 bits per heavy atom. The number of carbonyl (C=O) groups excluding carboxylic acids is 2. The third-order valence-electron chi connectivity index (χ3n) is 8.10. The second kappa shape index (κ2) is 17.5. The van der Waals surface area contributed by atoms with Crippen LogP contribution in [0.5, 0.6) is 0 Å². The normalized spacial score (nSPS) is 17.8. The van der Waals surface area contributed by atoms with Gasteiger partial charge in [0.25, 0.3) is 0 Å². The van der Waals surface area contributed by atoms with Gasteiger partial charge in [-0.1, -0.05) is 79.2 Å². The highest BCUT2D eigenvalue weighted by atomic mass is 35.5. The van der Waals surface area contributed by atoms with Crippen molar-refractivity contribution in [2.75, 3.05) is 20.8 Å². The summed E-state index contributed by atoms with van der Waals surface area (Å²) in [5.74, 6) is 0.660. The van der Waals surface area contributed by atoms with Gasteiger partial charge in [0.05, 0.1) is 22.7 Å². The zero-order valence-electron chi connectivity index (χ0n) is 24.7. The summed E-state index contributed by atoms with van der Waals surface area (Å²) in [7, 11) is -0.838. The van der Waals surface area contributed by atoms with Gasteiger partial charge in [-0.3, -0.25) is 18.6 Å². The average molecular weight is 641 g/mol. The van der Waals surface area contributed by atoms with Crippen molar-refractivity contribution in [2.45, 2.75) is 95.4 Å². The molecule has 0 saturated heterocycles. The van der Waals surface area contributed by atoms with Crippen LogP contribution >= 0.6 is 31.0 Å². The Hall–Kier alpha value is -1.73. The van der Waals surface area contributed by atoms with E-state index in [1.807, 2.05) is 36.2 Å². The van der Waals surface area contributed by atoms with Gasteiger partial charge in [-0.15, -0.1) is 0 Å². The van der Waals surface area contributed by atoms with Crippen LogP contribution in [-0.4, -0.2) is 42.2 Å². The lowest BCUT2D eigenvalue weighted by atomic mass is 9.76. The third kappa shape index (κ3) is 10.8. The molecule has 0 bridgehead atoms. The minimum absolute atomic E-state index is 0.0552. The molecule has 3 rings (SSSR count). The number of nitrogens with zero attached hydrogens (tertiary/aromatic N) is 1. The lowest BCUT2D eigenvalue weighted by molar-refractivity contribution is -0.132. The van der Waals surface area contributed by atoms with Crippen LogP contribution in [0, 0.1) is 0 Å². The van der Waals surface area contributed by atoms with Crippen LogP contribution in [-0.2, 0) is 23.2 Å². The molecule has 1 unspecified atom stereocenters. The van der Waals surface area contributed by atoms with Crippen molar-refractivity contribution in [3.8, 4) is 0 Å². The summed E-state index contributed by atoms with van der Waals surface area (Å²) in [6.45, 7) is 0.169. The van der Waals surface area contributed by atoms with E-state index in [2.05, 4.69) is 22.7 Å². The highest BCUT2D eigenvalue weighted by Gasteiger charge is 2.32. The molecule has 0 fully saturated rings. The van der Waals surface area contributed by atoms with Crippen molar-refractivity contribution in [1.82, 2.24) is 4.90 Å². The Bertz CT molecular complexity index is 1230. The van der Waals surface area contributed by atoms with E-state index in [0.717, 1.165) is 70.5 Å². The van der Waals surface area contributed by atoms with E-state index in [9.17, 15) is 14.2 Å². The fourth-order valence-corrected chi connectivity index (χ4v) is 6.45. The molecule has 2 aromatic rings. The number of carbonyl (C=O) groups is 2. The molecule has 0 aliphatic heterocycles. The Labute approximate surface area is 260 Å². The van der Waals surface area contributed by atoms with Gasteiger partial charge in [0.2, 0.25) is 5.91 Å². The number of rotatable bonds is 18. The minimum Gasteiger partial charge on any atom is -0.339 e. The van der Waals surface area contributed by atoms with Gasteiger partial charge >= 0.3 is 7.82 Å². The van der Waals surface area contributed by atoms with Crippen LogP contribution in [0.2, 0.25) is 10.0 Å². The van der Waals surface area contributed by atoms with Crippen LogP contribution in [0.4, 0.5) is 0 Å². The molecule has 42 heavy (non-hydrogen) atoms. The first-order chi connectivity index (χ1) is 20.1. The highest BCUT2D eigenvalue weighted by molar-refractivity contribution is 7.47. The van der Waals surface area contributed by atoms with Crippen LogP contribution < -0.4 is 0 Å². The first kappa shape index (κ1) is 34.8. The maximum atomic E-state index is 13.1. The Morgan fingerprint density at radius 2 is 1.50 bits per heavy atom.